The lowest BCUT2D eigenvalue weighted by Crippen LogP contribution is -2.43. The van der Waals surface area contributed by atoms with E-state index in [1.165, 1.54) is 32.5 Å². The van der Waals surface area contributed by atoms with Crippen molar-refractivity contribution in [3.05, 3.63) is 0 Å². The minimum Gasteiger partial charge on any atom is -0.311 e. The van der Waals surface area contributed by atoms with Gasteiger partial charge in [-0.2, -0.15) is 0 Å². The molecule has 0 atom stereocenters. The van der Waals surface area contributed by atoms with Gasteiger partial charge in [0.05, 0.1) is 0 Å². The molecule has 0 spiro atoms. The summed E-state index contributed by atoms with van der Waals surface area (Å²) in [5.74, 6) is 0. The highest BCUT2D eigenvalue weighted by Gasteiger charge is 2.13. The Morgan fingerprint density at radius 1 is 1.07 bits per heavy atom. The summed E-state index contributed by atoms with van der Waals surface area (Å²) in [6.45, 7) is 15.9. The monoisotopic (exact) mass is 200 g/mol. The molecule has 0 rings (SSSR count). The maximum Gasteiger partial charge on any atom is 0.0123 e. The minimum atomic E-state index is 0.297. The number of hydrogen-bond donors (Lipinski definition) is 1. The summed E-state index contributed by atoms with van der Waals surface area (Å²) in [6.07, 6.45) is 2.44. The molecule has 0 aliphatic heterocycles. The molecular weight excluding hydrogens is 172 g/mol. The van der Waals surface area contributed by atoms with Crippen molar-refractivity contribution in [2.24, 2.45) is 0 Å². The maximum atomic E-state index is 3.59. The minimum absolute atomic E-state index is 0.297. The average molecular weight is 200 g/mol. The highest BCUT2D eigenvalue weighted by molar-refractivity contribution is 4.75. The Morgan fingerprint density at radius 3 is 2.14 bits per heavy atom. The topological polar surface area (TPSA) is 15.3 Å². The third-order valence-electron chi connectivity index (χ3n) is 2.90. The number of nitrogens with one attached hydrogen (secondary N) is 1. The zero-order valence-corrected chi connectivity index (χ0v) is 10.7. The van der Waals surface area contributed by atoms with E-state index in [0.29, 0.717) is 5.54 Å². The fourth-order valence-corrected chi connectivity index (χ4v) is 1.42. The van der Waals surface area contributed by atoms with Crippen LogP contribution in [-0.2, 0) is 0 Å². The summed E-state index contributed by atoms with van der Waals surface area (Å²) in [5.41, 5.74) is 0.297. The number of likely N-dealkylation sites (N-methyl/N-ethyl adjacent to an activating group) is 1. The van der Waals surface area contributed by atoms with Crippen molar-refractivity contribution >= 4 is 0 Å². The summed E-state index contributed by atoms with van der Waals surface area (Å²) >= 11 is 0. The van der Waals surface area contributed by atoms with Gasteiger partial charge in [0, 0.05) is 18.6 Å². The van der Waals surface area contributed by atoms with Crippen LogP contribution in [0, 0.1) is 0 Å². The molecule has 0 fully saturated rings. The van der Waals surface area contributed by atoms with Gasteiger partial charge in [-0.05, 0) is 39.8 Å². The lowest BCUT2D eigenvalue weighted by Gasteiger charge is -2.27. The predicted octanol–water partition coefficient (Wildman–Crippen LogP) is 2.50. The molecule has 0 aromatic heterocycles. The molecule has 86 valence electrons. The van der Waals surface area contributed by atoms with Crippen LogP contribution in [-0.4, -0.2) is 36.6 Å². The molecule has 2 nitrogen and oxygen atoms in total. The second-order valence-corrected chi connectivity index (χ2v) is 4.60. The van der Waals surface area contributed by atoms with Crippen molar-refractivity contribution in [1.29, 1.82) is 0 Å². The Bertz CT molecular complexity index is 132. The quantitative estimate of drug-likeness (QED) is 0.647. The molecule has 0 heterocycles. The van der Waals surface area contributed by atoms with E-state index in [4.69, 9.17) is 0 Å². The van der Waals surface area contributed by atoms with Crippen LogP contribution in [0.2, 0.25) is 0 Å². The molecule has 14 heavy (non-hydrogen) atoms. The van der Waals surface area contributed by atoms with Crippen molar-refractivity contribution in [2.45, 2.75) is 53.0 Å². The van der Waals surface area contributed by atoms with Gasteiger partial charge in [-0.1, -0.05) is 20.8 Å². The van der Waals surface area contributed by atoms with Crippen molar-refractivity contribution < 1.29 is 0 Å². The van der Waals surface area contributed by atoms with E-state index >= 15 is 0 Å². The maximum absolute atomic E-state index is 3.59. The summed E-state index contributed by atoms with van der Waals surface area (Å²) in [6, 6.07) is 0. The van der Waals surface area contributed by atoms with Crippen molar-refractivity contribution in [3.63, 3.8) is 0 Å². The van der Waals surface area contributed by atoms with E-state index in [2.05, 4.69) is 44.8 Å². The van der Waals surface area contributed by atoms with Crippen LogP contribution >= 0.6 is 0 Å². The molecule has 1 N–H and O–H groups in total. The van der Waals surface area contributed by atoms with E-state index in [-0.39, 0.29) is 0 Å². The Balaban J connectivity index is 3.60. The normalized spacial score (nSPS) is 12.4. The zero-order chi connectivity index (χ0) is 11.0. The lowest BCUT2D eigenvalue weighted by atomic mass is 10.0. The highest BCUT2D eigenvalue weighted by atomic mass is 15.1. The Hall–Kier alpha value is -0.0800. The van der Waals surface area contributed by atoms with Crippen LogP contribution in [0.5, 0.6) is 0 Å². The molecule has 0 unspecified atom stereocenters. The summed E-state index contributed by atoms with van der Waals surface area (Å²) < 4.78 is 0. The first kappa shape index (κ1) is 13.9. The van der Waals surface area contributed by atoms with Crippen LogP contribution in [0.3, 0.4) is 0 Å². The van der Waals surface area contributed by atoms with Gasteiger partial charge in [0.2, 0.25) is 0 Å². The van der Waals surface area contributed by atoms with Gasteiger partial charge in [0.25, 0.3) is 0 Å². The average Bonchev–Trinajstić information content (AvgIpc) is 2.16. The lowest BCUT2D eigenvalue weighted by molar-refractivity contribution is 0.267. The Labute approximate surface area is 90.1 Å². The second-order valence-electron chi connectivity index (χ2n) is 4.60. The number of nitrogens with zero attached hydrogens (tertiary/aromatic N) is 1. The zero-order valence-electron chi connectivity index (χ0n) is 10.7. The van der Waals surface area contributed by atoms with Gasteiger partial charge < -0.3 is 10.2 Å². The Morgan fingerprint density at radius 2 is 1.71 bits per heavy atom. The first-order chi connectivity index (χ1) is 6.55. The largest absolute Gasteiger partial charge is 0.311 e. The molecule has 2 heteroatoms. The van der Waals surface area contributed by atoms with Crippen molar-refractivity contribution in [2.75, 3.05) is 26.2 Å². The fourth-order valence-electron chi connectivity index (χ4n) is 1.42. The van der Waals surface area contributed by atoms with Crippen LogP contribution < -0.4 is 5.32 Å². The second kappa shape index (κ2) is 7.24. The van der Waals surface area contributed by atoms with Gasteiger partial charge in [0.1, 0.15) is 0 Å². The van der Waals surface area contributed by atoms with E-state index in [1.54, 1.807) is 0 Å². The van der Waals surface area contributed by atoms with E-state index in [0.717, 1.165) is 6.54 Å². The van der Waals surface area contributed by atoms with Crippen LogP contribution in [0.4, 0.5) is 0 Å². The Kier molecular flexibility index (Phi) is 7.20. The van der Waals surface area contributed by atoms with E-state index < -0.39 is 0 Å². The molecule has 0 aliphatic carbocycles. The first-order valence-corrected chi connectivity index (χ1v) is 6.03. The summed E-state index contributed by atoms with van der Waals surface area (Å²) in [4.78, 5) is 2.50. The molecule has 0 radical (unpaired) electrons. The summed E-state index contributed by atoms with van der Waals surface area (Å²) in [7, 11) is 0. The molecular formula is C12H28N2. The van der Waals surface area contributed by atoms with Gasteiger partial charge in [0.15, 0.2) is 0 Å². The number of hydrogen-bond acceptors (Lipinski definition) is 2. The third-order valence-corrected chi connectivity index (χ3v) is 2.90. The smallest absolute Gasteiger partial charge is 0.0123 e. The molecule has 0 bridgehead atoms. The molecule has 0 amide bonds. The molecule has 0 saturated heterocycles. The van der Waals surface area contributed by atoms with Gasteiger partial charge in [-0.15, -0.1) is 0 Å². The van der Waals surface area contributed by atoms with Crippen molar-refractivity contribution in [1.82, 2.24) is 10.2 Å². The summed E-state index contributed by atoms with van der Waals surface area (Å²) in [5, 5.41) is 3.59. The van der Waals surface area contributed by atoms with Crippen LogP contribution in [0.1, 0.15) is 47.5 Å². The van der Waals surface area contributed by atoms with Gasteiger partial charge in [-0.25, -0.2) is 0 Å². The SMILES string of the molecule is CCCN(CC)CCNC(C)(C)CC. The fraction of sp³-hybridized carbons (Fsp3) is 1.00. The highest BCUT2D eigenvalue weighted by Crippen LogP contribution is 2.05. The molecule has 0 aromatic rings. The van der Waals surface area contributed by atoms with Crippen LogP contribution in [0.25, 0.3) is 0 Å². The van der Waals surface area contributed by atoms with E-state index in [1.807, 2.05) is 0 Å². The predicted molar refractivity (Wildman–Crippen MR) is 64.8 cm³/mol. The molecule has 0 saturated carbocycles. The van der Waals surface area contributed by atoms with Gasteiger partial charge in [-0.3, -0.25) is 0 Å². The van der Waals surface area contributed by atoms with E-state index in [9.17, 15) is 0 Å². The molecule has 0 aliphatic rings. The molecule has 0 aromatic carbocycles. The van der Waals surface area contributed by atoms with Gasteiger partial charge >= 0.3 is 0 Å². The standard InChI is InChI=1S/C12H28N2/c1-6-10-14(8-3)11-9-13-12(4,5)7-2/h13H,6-11H2,1-5H3. The number of rotatable bonds is 8. The third kappa shape index (κ3) is 6.39. The van der Waals surface area contributed by atoms with Crippen molar-refractivity contribution in [3.8, 4) is 0 Å². The van der Waals surface area contributed by atoms with Crippen LogP contribution in [0.15, 0.2) is 0 Å². The first-order valence-electron chi connectivity index (χ1n) is 6.03.